The Morgan fingerprint density at radius 2 is 1.42 bits per heavy atom. The zero-order valence-corrected chi connectivity index (χ0v) is 32.7. The van der Waals surface area contributed by atoms with Crippen molar-refractivity contribution in [1.29, 1.82) is 0 Å². The minimum atomic E-state index is -0.0576. The summed E-state index contributed by atoms with van der Waals surface area (Å²) in [6.45, 7) is 25.5. The summed E-state index contributed by atoms with van der Waals surface area (Å²) in [5, 5.41) is 7.31. The van der Waals surface area contributed by atoms with Gasteiger partial charge in [0.05, 0.1) is 22.9 Å². The van der Waals surface area contributed by atoms with Gasteiger partial charge in [0.1, 0.15) is 17.3 Å². The molecule has 5 heteroatoms. The third-order valence-electron chi connectivity index (χ3n) is 10.1. The number of ether oxygens (including phenoxy) is 1. The third-order valence-corrected chi connectivity index (χ3v) is 10.1. The van der Waals surface area contributed by atoms with Crippen LogP contribution < -0.4 is 4.74 Å². The van der Waals surface area contributed by atoms with E-state index in [4.69, 9.17) is 14.8 Å². The minimum Gasteiger partial charge on any atom is -0.457 e. The van der Waals surface area contributed by atoms with E-state index in [1.165, 1.54) is 38.8 Å². The van der Waals surface area contributed by atoms with Gasteiger partial charge in [-0.25, -0.2) is 9.67 Å². The van der Waals surface area contributed by atoms with Crippen LogP contribution in [-0.4, -0.2) is 19.3 Å². The number of hydrogen-bond acceptors (Lipinski definition) is 3. The number of aromatic nitrogens is 4. The molecule has 3 aromatic heterocycles. The molecular formula is C47H52N4O. The number of para-hydroxylation sites is 1. The van der Waals surface area contributed by atoms with E-state index in [2.05, 4.69) is 154 Å². The van der Waals surface area contributed by atoms with Crippen molar-refractivity contribution in [3.8, 4) is 34.1 Å². The molecule has 266 valence electrons. The maximum Gasteiger partial charge on any atom is 0.137 e. The largest absolute Gasteiger partial charge is 0.457 e. The Balaban J connectivity index is 1.30. The smallest absolute Gasteiger partial charge is 0.137 e. The Kier molecular flexibility index (Phi) is 8.89. The lowest BCUT2D eigenvalue weighted by Crippen LogP contribution is -2.23. The Bertz CT molecular complexity index is 2430. The van der Waals surface area contributed by atoms with E-state index in [0.717, 1.165) is 45.0 Å². The van der Waals surface area contributed by atoms with Crippen molar-refractivity contribution in [2.24, 2.45) is 0 Å². The second-order valence-corrected chi connectivity index (χ2v) is 17.0. The highest BCUT2D eigenvalue weighted by molar-refractivity contribution is 6.09. The zero-order valence-electron chi connectivity index (χ0n) is 32.7. The average Bonchev–Trinajstić information content (AvgIpc) is 3.70. The summed E-state index contributed by atoms with van der Waals surface area (Å²) in [5.74, 6) is 3.24. The van der Waals surface area contributed by atoms with Crippen LogP contribution >= 0.6 is 0 Å². The van der Waals surface area contributed by atoms with Gasteiger partial charge in [-0.1, -0.05) is 99.6 Å². The first kappa shape index (κ1) is 35.3. The molecule has 0 saturated carbocycles. The topological polar surface area (TPSA) is 44.9 Å². The molecule has 0 aliphatic carbocycles. The molecule has 7 rings (SSSR count). The normalized spacial score (nSPS) is 12.5. The Labute approximate surface area is 309 Å². The van der Waals surface area contributed by atoms with E-state index < -0.39 is 0 Å². The highest BCUT2D eigenvalue weighted by Crippen LogP contribution is 2.47. The second kappa shape index (κ2) is 13.1. The molecule has 0 unspecified atom stereocenters. The first-order valence-electron chi connectivity index (χ1n) is 18.6. The molecule has 0 spiro atoms. The van der Waals surface area contributed by atoms with Crippen molar-refractivity contribution in [3.63, 3.8) is 0 Å². The highest BCUT2D eigenvalue weighted by atomic mass is 16.5. The van der Waals surface area contributed by atoms with Crippen LogP contribution in [0, 0.1) is 6.92 Å². The molecule has 0 saturated heterocycles. The lowest BCUT2D eigenvalue weighted by Gasteiger charge is -2.36. The monoisotopic (exact) mass is 688 g/mol. The van der Waals surface area contributed by atoms with Crippen LogP contribution in [-0.2, 0) is 10.8 Å². The second-order valence-electron chi connectivity index (χ2n) is 17.0. The number of nitrogens with zero attached hydrogens (tertiary/aromatic N) is 4. The number of fused-ring (bicyclic) bond motifs is 3. The van der Waals surface area contributed by atoms with Crippen molar-refractivity contribution < 1.29 is 4.74 Å². The zero-order chi connectivity index (χ0) is 37.1. The molecule has 52 heavy (non-hydrogen) atoms. The quantitative estimate of drug-likeness (QED) is 0.167. The summed E-state index contributed by atoms with van der Waals surface area (Å²) in [6.07, 6.45) is 6.10. The lowest BCUT2D eigenvalue weighted by atomic mass is 9.68. The van der Waals surface area contributed by atoms with E-state index in [1.54, 1.807) is 0 Å². The molecule has 0 aliphatic rings. The Morgan fingerprint density at radius 1 is 0.692 bits per heavy atom. The van der Waals surface area contributed by atoms with E-state index in [9.17, 15) is 0 Å². The first-order valence-corrected chi connectivity index (χ1v) is 18.6. The van der Waals surface area contributed by atoms with Crippen LogP contribution in [0.25, 0.3) is 44.4 Å². The van der Waals surface area contributed by atoms with Gasteiger partial charge in [-0.15, -0.1) is 0 Å². The summed E-state index contributed by atoms with van der Waals surface area (Å²) in [6, 6.07) is 29.6. The van der Waals surface area contributed by atoms with E-state index >= 15 is 0 Å². The fraction of sp³-hybridized carbons (Fsp3) is 0.319. The summed E-state index contributed by atoms with van der Waals surface area (Å²) < 4.78 is 10.8. The Morgan fingerprint density at radius 3 is 2.12 bits per heavy atom. The fourth-order valence-electron chi connectivity index (χ4n) is 7.81. The molecule has 0 fully saturated rings. The standard InChI is InChI=1S/C47H52N4O/c1-29(2)38-26-39(46(6,7)8)44(45(47(9,10)11)43(38)30(3)4)32-27-49-50(28-32)33-15-14-16-34(24-33)52-35-19-20-37-36-17-12-13-18-40(36)51(41(37)25-35)42-23-31(5)21-22-48-42/h12-30H,1-11H3. The van der Waals surface area contributed by atoms with Crippen molar-refractivity contribution in [2.75, 3.05) is 0 Å². The van der Waals surface area contributed by atoms with Crippen LogP contribution in [0.1, 0.15) is 109 Å². The van der Waals surface area contributed by atoms with Crippen LogP contribution in [0.15, 0.2) is 104 Å². The Hall–Kier alpha value is -5.16. The SMILES string of the molecule is Cc1ccnc(-n2c3ccccc3c3ccc(Oc4cccc(-n5cc(-c6c(C(C)(C)C)cc(C(C)C)c(C(C)C)c6C(C)(C)C)cn5)c4)cc32)c1. The van der Waals surface area contributed by atoms with Gasteiger partial charge in [-0.3, -0.25) is 4.57 Å². The molecular weight excluding hydrogens is 637 g/mol. The fourth-order valence-corrected chi connectivity index (χ4v) is 7.81. The van der Waals surface area contributed by atoms with Gasteiger partial charge in [-0.05, 0) is 105 Å². The molecule has 4 aromatic carbocycles. The summed E-state index contributed by atoms with van der Waals surface area (Å²) in [4.78, 5) is 4.74. The van der Waals surface area contributed by atoms with E-state index in [1.807, 2.05) is 35.3 Å². The minimum absolute atomic E-state index is 0.0491. The molecule has 3 heterocycles. The van der Waals surface area contributed by atoms with Gasteiger partial charge in [-0.2, -0.15) is 5.10 Å². The molecule has 0 radical (unpaired) electrons. The predicted molar refractivity (Wildman–Crippen MR) is 218 cm³/mol. The summed E-state index contributed by atoms with van der Waals surface area (Å²) >= 11 is 0. The first-order chi connectivity index (χ1) is 24.6. The molecule has 5 nitrogen and oxygen atoms in total. The van der Waals surface area contributed by atoms with Crippen molar-refractivity contribution in [1.82, 2.24) is 19.3 Å². The van der Waals surface area contributed by atoms with Crippen LogP contribution in [0.3, 0.4) is 0 Å². The lowest BCUT2D eigenvalue weighted by molar-refractivity contribution is 0.483. The average molecular weight is 689 g/mol. The van der Waals surface area contributed by atoms with Crippen molar-refractivity contribution >= 4 is 21.8 Å². The molecule has 0 atom stereocenters. The maximum atomic E-state index is 6.58. The van der Waals surface area contributed by atoms with Crippen molar-refractivity contribution in [2.45, 2.75) is 98.8 Å². The summed E-state index contributed by atoms with van der Waals surface area (Å²) in [5.41, 5.74) is 12.4. The van der Waals surface area contributed by atoms with E-state index in [-0.39, 0.29) is 10.8 Å². The predicted octanol–water partition coefficient (Wildman–Crippen LogP) is 13.0. The number of pyridine rings is 1. The molecule has 0 aliphatic heterocycles. The van der Waals surface area contributed by atoms with Crippen LogP contribution in [0.2, 0.25) is 0 Å². The maximum absolute atomic E-state index is 6.58. The molecule has 0 bridgehead atoms. The third kappa shape index (κ3) is 6.42. The number of aryl methyl sites for hydroxylation is 1. The van der Waals surface area contributed by atoms with E-state index in [0.29, 0.717) is 11.8 Å². The van der Waals surface area contributed by atoms with Crippen LogP contribution in [0.4, 0.5) is 0 Å². The van der Waals surface area contributed by atoms with Gasteiger partial charge < -0.3 is 4.74 Å². The van der Waals surface area contributed by atoms with Gasteiger partial charge in [0.15, 0.2) is 0 Å². The molecule has 0 N–H and O–H groups in total. The molecule has 7 aromatic rings. The van der Waals surface area contributed by atoms with Crippen LogP contribution in [0.5, 0.6) is 11.5 Å². The van der Waals surface area contributed by atoms with Gasteiger partial charge in [0.2, 0.25) is 0 Å². The summed E-state index contributed by atoms with van der Waals surface area (Å²) in [7, 11) is 0. The highest BCUT2D eigenvalue weighted by Gasteiger charge is 2.33. The van der Waals surface area contributed by atoms with Gasteiger partial charge >= 0.3 is 0 Å². The molecule has 0 amide bonds. The number of hydrogen-bond donors (Lipinski definition) is 0. The van der Waals surface area contributed by atoms with Crippen molar-refractivity contribution in [3.05, 3.63) is 131 Å². The van der Waals surface area contributed by atoms with Gasteiger partial charge in [0.25, 0.3) is 0 Å². The number of benzene rings is 4. The number of rotatable bonds is 7. The van der Waals surface area contributed by atoms with Gasteiger partial charge in [0, 0.05) is 40.9 Å².